The maximum atomic E-state index is 11.4. The van der Waals surface area contributed by atoms with Crippen LogP contribution in [0.4, 0.5) is 0 Å². The summed E-state index contributed by atoms with van der Waals surface area (Å²) in [6, 6.07) is 6.99. The Morgan fingerprint density at radius 1 is 1.50 bits per heavy atom. The average molecular weight is 268 g/mol. The maximum absolute atomic E-state index is 11.4. The Hall–Kier alpha value is -1.81. The molecule has 1 rings (SSSR count). The molecule has 0 spiro atoms. The predicted molar refractivity (Wildman–Crippen MR) is 70.2 cm³/mol. The van der Waals surface area contributed by atoms with Crippen LogP contribution in [0.1, 0.15) is 12.5 Å². The molecule has 0 fully saturated rings. The van der Waals surface area contributed by atoms with Crippen molar-refractivity contribution in [1.29, 1.82) is 5.41 Å². The number of allylic oxidation sites excluding steroid dienone is 1. The smallest absolute Gasteiger partial charge is 0.343 e. The van der Waals surface area contributed by atoms with Crippen LogP contribution in [0.3, 0.4) is 0 Å². The van der Waals surface area contributed by atoms with Gasteiger partial charge in [0.2, 0.25) is 0 Å². The largest absolute Gasteiger partial charge is 0.512 e. The zero-order chi connectivity index (χ0) is 13.7. The number of nitrogens with one attached hydrogen (secondary N) is 1. The molecule has 0 saturated heterocycles. The number of carbonyl (C=O) groups is 1. The van der Waals surface area contributed by atoms with Crippen molar-refractivity contribution < 1.29 is 14.6 Å². The van der Waals surface area contributed by atoms with E-state index in [2.05, 4.69) is 4.74 Å². The highest BCUT2D eigenvalue weighted by Crippen LogP contribution is 2.14. The highest BCUT2D eigenvalue weighted by atomic mass is 35.5. The van der Waals surface area contributed by atoms with Gasteiger partial charge in [0.1, 0.15) is 11.3 Å². The molecule has 2 N–H and O–H groups in total. The standard InChI is InChI=1S/C13H14ClNO3/c1-8(16)12(13(17)18-2)11(15)7-9-4-3-5-10(14)6-9/h3-6,15-16H,7H2,1-2H3. The summed E-state index contributed by atoms with van der Waals surface area (Å²) in [5.74, 6) is -0.948. The first-order valence-electron chi connectivity index (χ1n) is 5.26. The molecule has 0 radical (unpaired) electrons. The minimum atomic E-state index is -0.720. The number of halogens is 1. The molecule has 0 saturated carbocycles. The van der Waals surface area contributed by atoms with Gasteiger partial charge in [-0.05, 0) is 24.6 Å². The molecule has 18 heavy (non-hydrogen) atoms. The summed E-state index contributed by atoms with van der Waals surface area (Å²) < 4.78 is 4.53. The van der Waals surface area contributed by atoms with E-state index in [9.17, 15) is 9.90 Å². The number of carbonyl (C=O) groups excluding carboxylic acids is 1. The minimum absolute atomic E-state index is 0.0101. The number of benzene rings is 1. The SMILES string of the molecule is COC(=O)C(C(=N)Cc1cccc(Cl)c1)=C(C)O. The Morgan fingerprint density at radius 2 is 2.17 bits per heavy atom. The second-order valence-corrected chi connectivity index (χ2v) is 4.17. The van der Waals surface area contributed by atoms with Gasteiger partial charge < -0.3 is 15.3 Å². The van der Waals surface area contributed by atoms with Crippen molar-refractivity contribution in [2.45, 2.75) is 13.3 Å². The average Bonchev–Trinajstić information content (AvgIpc) is 2.28. The van der Waals surface area contributed by atoms with Gasteiger partial charge in [0.05, 0.1) is 12.8 Å². The van der Waals surface area contributed by atoms with Crippen molar-refractivity contribution >= 4 is 23.3 Å². The van der Waals surface area contributed by atoms with E-state index in [1.165, 1.54) is 14.0 Å². The molecule has 1 aromatic rings. The topological polar surface area (TPSA) is 70.4 Å². The molecule has 96 valence electrons. The van der Waals surface area contributed by atoms with Crippen LogP contribution in [0.5, 0.6) is 0 Å². The molecular weight excluding hydrogens is 254 g/mol. The number of hydrogen-bond acceptors (Lipinski definition) is 4. The van der Waals surface area contributed by atoms with Crippen molar-refractivity contribution in [3.05, 3.63) is 46.2 Å². The molecule has 0 aromatic heterocycles. The number of esters is 1. The van der Waals surface area contributed by atoms with Crippen molar-refractivity contribution in [3.8, 4) is 0 Å². The zero-order valence-corrected chi connectivity index (χ0v) is 10.9. The van der Waals surface area contributed by atoms with Crippen LogP contribution in [-0.4, -0.2) is 23.9 Å². The van der Waals surface area contributed by atoms with Crippen LogP contribution in [0.25, 0.3) is 0 Å². The van der Waals surface area contributed by atoms with Crippen LogP contribution < -0.4 is 0 Å². The Labute approximate surface area is 110 Å². The molecule has 1 aromatic carbocycles. The highest BCUT2D eigenvalue weighted by molar-refractivity contribution is 6.30. The van der Waals surface area contributed by atoms with Crippen molar-refractivity contribution in [1.82, 2.24) is 0 Å². The van der Waals surface area contributed by atoms with E-state index in [1.807, 2.05) is 0 Å². The van der Waals surface area contributed by atoms with E-state index >= 15 is 0 Å². The van der Waals surface area contributed by atoms with Crippen molar-refractivity contribution in [2.75, 3.05) is 7.11 Å². The molecule has 4 nitrogen and oxygen atoms in total. The Bertz CT molecular complexity index is 505. The number of ether oxygens (including phenoxy) is 1. The lowest BCUT2D eigenvalue weighted by atomic mass is 10.0. The minimum Gasteiger partial charge on any atom is -0.512 e. The fourth-order valence-corrected chi connectivity index (χ4v) is 1.74. The Kier molecular flexibility index (Phi) is 4.92. The van der Waals surface area contributed by atoms with Gasteiger partial charge in [-0.2, -0.15) is 0 Å². The molecule has 5 heteroatoms. The fourth-order valence-electron chi connectivity index (χ4n) is 1.53. The maximum Gasteiger partial charge on any atom is 0.343 e. The van der Waals surface area contributed by atoms with E-state index in [-0.39, 0.29) is 23.5 Å². The van der Waals surface area contributed by atoms with Crippen LogP contribution in [0, 0.1) is 5.41 Å². The number of methoxy groups -OCH3 is 1. The summed E-state index contributed by atoms with van der Waals surface area (Å²) >= 11 is 5.84. The van der Waals surface area contributed by atoms with Gasteiger partial charge in [0, 0.05) is 11.4 Å². The predicted octanol–water partition coefficient (Wildman–Crippen LogP) is 2.91. The van der Waals surface area contributed by atoms with Crippen LogP contribution >= 0.6 is 11.6 Å². The quantitative estimate of drug-likeness (QED) is 0.381. The van der Waals surface area contributed by atoms with Gasteiger partial charge in [0.25, 0.3) is 0 Å². The third kappa shape index (κ3) is 3.60. The van der Waals surface area contributed by atoms with Crippen LogP contribution in [-0.2, 0) is 16.0 Å². The molecule has 0 aliphatic heterocycles. The van der Waals surface area contributed by atoms with Gasteiger partial charge in [-0.25, -0.2) is 4.79 Å². The Balaban J connectivity index is 2.94. The second-order valence-electron chi connectivity index (χ2n) is 3.74. The Morgan fingerprint density at radius 3 is 2.67 bits per heavy atom. The van der Waals surface area contributed by atoms with Crippen molar-refractivity contribution in [2.24, 2.45) is 0 Å². The third-order valence-electron chi connectivity index (χ3n) is 2.32. The molecule has 0 amide bonds. The van der Waals surface area contributed by atoms with E-state index in [4.69, 9.17) is 17.0 Å². The fraction of sp³-hybridized carbons (Fsp3) is 0.231. The molecule has 0 aliphatic carbocycles. The lowest BCUT2D eigenvalue weighted by Crippen LogP contribution is -2.17. The van der Waals surface area contributed by atoms with Crippen LogP contribution in [0.15, 0.2) is 35.6 Å². The molecule has 0 bridgehead atoms. The lowest BCUT2D eigenvalue weighted by Gasteiger charge is -2.08. The highest BCUT2D eigenvalue weighted by Gasteiger charge is 2.19. The number of aliphatic hydroxyl groups is 1. The molecule has 0 unspecified atom stereocenters. The molecular formula is C13H14ClNO3. The summed E-state index contributed by atoms with van der Waals surface area (Å²) in [6.45, 7) is 1.35. The molecule has 0 heterocycles. The third-order valence-corrected chi connectivity index (χ3v) is 2.56. The van der Waals surface area contributed by atoms with Gasteiger partial charge >= 0.3 is 5.97 Å². The molecule has 0 atom stereocenters. The molecule has 0 aliphatic rings. The summed E-state index contributed by atoms with van der Waals surface area (Å²) in [7, 11) is 1.21. The first-order chi connectivity index (χ1) is 8.45. The van der Waals surface area contributed by atoms with Crippen LogP contribution in [0.2, 0.25) is 5.02 Å². The van der Waals surface area contributed by atoms with Gasteiger partial charge in [0.15, 0.2) is 0 Å². The van der Waals surface area contributed by atoms with E-state index < -0.39 is 5.97 Å². The van der Waals surface area contributed by atoms with E-state index in [1.54, 1.807) is 24.3 Å². The summed E-state index contributed by atoms with van der Waals surface area (Å²) in [4.78, 5) is 11.4. The number of hydrogen-bond donors (Lipinski definition) is 2. The first kappa shape index (κ1) is 14.3. The second kappa shape index (κ2) is 6.21. The number of aliphatic hydroxyl groups excluding tert-OH is 1. The van der Waals surface area contributed by atoms with Gasteiger partial charge in [-0.1, -0.05) is 23.7 Å². The van der Waals surface area contributed by atoms with E-state index in [0.717, 1.165) is 5.56 Å². The van der Waals surface area contributed by atoms with Gasteiger partial charge in [-0.15, -0.1) is 0 Å². The first-order valence-corrected chi connectivity index (χ1v) is 5.64. The summed E-state index contributed by atoms with van der Waals surface area (Å²) in [5, 5.41) is 17.8. The zero-order valence-electron chi connectivity index (χ0n) is 10.2. The van der Waals surface area contributed by atoms with E-state index in [0.29, 0.717) is 5.02 Å². The van der Waals surface area contributed by atoms with Crippen molar-refractivity contribution in [3.63, 3.8) is 0 Å². The number of rotatable bonds is 4. The van der Waals surface area contributed by atoms with Gasteiger partial charge in [-0.3, -0.25) is 0 Å². The normalized spacial score (nSPS) is 11.7. The summed E-state index contributed by atoms with van der Waals surface area (Å²) in [5.41, 5.74) is 0.664. The monoisotopic (exact) mass is 267 g/mol. The summed E-state index contributed by atoms with van der Waals surface area (Å²) in [6.07, 6.45) is 0.197. The lowest BCUT2D eigenvalue weighted by molar-refractivity contribution is -0.135.